The molecule has 0 radical (unpaired) electrons. The first-order valence-corrected chi connectivity index (χ1v) is 7.82. The van der Waals surface area contributed by atoms with Crippen LogP contribution in [0.4, 0.5) is 0 Å². The van der Waals surface area contributed by atoms with Gasteiger partial charge in [0, 0.05) is 36.6 Å². The molecule has 1 aromatic carbocycles. The molecule has 0 atom stereocenters. The highest BCUT2D eigenvalue weighted by Crippen LogP contribution is 2.29. The highest BCUT2D eigenvalue weighted by molar-refractivity contribution is 5.91. The van der Waals surface area contributed by atoms with Gasteiger partial charge in [-0.05, 0) is 30.7 Å². The number of likely N-dealkylation sites (N-methyl/N-ethyl adjacent to an activating group) is 1. The van der Waals surface area contributed by atoms with Gasteiger partial charge in [-0.1, -0.05) is 26.0 Å². The Morgan fingerprint density at radius 2 is 2.23 bits per heavy atom. The SMILES string of the molecule is C=CCN(CC)CCc1c[nH]c2cccc(OC(=O)CC)c12. The molecule has 4 heteroatoms. The van der Waals surface area contributed by atoms with Crippen molar-refractivity contribution in [2.75, 3.05) is 19.6 Å². The van der Waals surface area contributed by atoms with Crippen LogP contribution in [-0.2, 0) is 11.2 Å². The van der Waals surface area contributed by atoms with Crippen LogP contribution in [0.3, 0.4) is 0 Å². The number of H-pyrrole nitrogens is 1. The van der Waals surface area contributed by atoms with E-state index in [1.165, 1.54) is 5.56 Å². The van der Waals surface area contributed by atoms with Gasteiger partial charge in [-0.2, -0.15) is 0 Å². The number of fused-ring (bicyclic) bond motifs is 1. The Balaban J connectivity index is 2.22. The highest BCUT2D eigenvalue weighted by Gasteiger charge is 2.12. The molecule has 4 nitrogen and oxygen atoms in total. The summed E-state index contributed by atoms with van der Waals surface area (Å²) in [5.74, 6) is 0.439. The molecule has 0 aliphatic rings. The Bertz CT molecular complexity index is 646. The van der Waals surface area contributed by atoms with Crippen molar-refractivity contribution in [1.29, 1.82) is 0 Å². The van der Waals surface area contributed by atoms with E-state index in [4.69, 9.17) is 4.74 Å². The van der Waals surface area contributed by atoms with E-state index in [0.717, 1.165) is 37.0 Å². The van der Waals surface area contributed by atoms with Crippen molar-refractivity contribution >= 4 is 16.9 Å². The first-order chi connectivity index (χ1) is 10.7. The molecule has 0 aliphatic carbocycles. The van der Waals surface area contributed by atoms with Gasteiger partial charge in [-0.3, -0.25) is 9.69 Å². The Morgan fingerprint density at radius 1 is 1.41 bits per heavy atom. The molecule has 2 aromatic rings. The number of nitrogens with one attached hydrogen (secondary N) is 1. The van der Waals surface area contributed by atoms with Crippen LogP contribution in [0.25, 0.3) is 10.9 Å². The average Bonchev–Trinajstić information content (AvgIpc) is 2.95. The minimum Gasteiger partial charge on any atom is -0.426 e. The Hall–Kier alpha value is -2.07. The van der Waals surface area contributed by atoms with Gasteiger partial charge in [0.25, 0.3) is 0 Å². The van der Waals surface area contributed by atoms with E-state index in [0.29, 0.717) is 12.2 Å². The molecule has 0 spiro atoms. The molecule has 0 saturated carbocycles. The maximum Gasteiger partial charge on any atom is 0.310 e. The summed E-state index contributed by atoms with van der Waals surface area (Å²) in [5, 5.41) is 1.01. The topological polar surface area (TPSA) is 45.3 Å². The van der Waals surface area contributed by atoms with Crippen LogP contribution in [0.5, 0.6) is 5.75 Å². The molecule has 0 aliphatic heterocycles. The molecule has 0 bridgehead atoms. The maximum absolute atomic E-state index is 11.6. The van der Waals surface area contributed by atoms with Gasteiger partial charge >= 0.3 is 5.97 Å². The van der Waals surface area contributed by atoms with Crippen LogP contribution in [0.1, 0.15) is 25.8 Å². The van der Waals surface area contributed by atoms with Gasteiger partial charge in [-0.15, -0.1) is 6.58 Å². The van der Waals surface area contributed by atoms with Crippen molar-refractivity contribution in [3.8, 4) is 5.75 Å². The Kier molecular flexibility index (Phi) is 5.78. The van der Waals surface area contributed by atoms with Crippen LogP contribution in [-0.4, -0.2) is 35.5 Å². The van der Waals surface area contributed by atoms with Crippen LogP contribution in [0.15, 0.2) is 37.1 Å². The zero-order valence-corrected chi connectivity index (χ0v) is 13.4. The largest absolute Gasteiger partial charge is 0.426 e. The van der Waals surface area contributed by atoms with Crippen LogP contribution >= 0.6 is 0 Å². The summed E-state index contributed by atoms with van der Waals surface area (Å²) in [7, 11) is 0. The molecule has 0 amide bonds. The summed E-state index contributed by atoms with van der Waals surface area (Å²) in [6.07, 6.45) is 5.21. The van der Waals surface area contributed by atoms with E-state index in [-0.39, 0.29) is 5.97 Å². The molecule has 118 valence electrons. The smallest absolute Gasteiger partial charge is 0.310 e. The molecule has 1 N–H and O–H groups in total. The summed E-state index contributed by atoms with van der Waals surface area (Å²) >= 11 is 0. The molecular formula is C18H24N2O2. The molecule has 22 heavy (non-hydrogen) atoms. The van der Waals surface area contributed by atoms with Crippen molar-refractivity contribution in [2.24, 2.45) is 0 Å². The second kappa shape index (κ2) is 7.80. The van der Waals surface area contributed by atoms with Gasteiger partial charge in [0.15, 0.2) is 0 Å². The zero-order chi connectivity index (χ0) is 15.9. The summed E-state index contributed by atoms with van der Waals surface area (Å²) in [6.45, 7) is 10.6. The maximum atomic E-state index is 11.6. The van der Waals surface area contributed by atoms with E-state index in [1.807, 2.05) is 30.5 Å². The zero-order valence-electron chi connectivity index (χ0n) is 13.4. The molecule has 0 unspecified atom stereocenters. The lowest BCUT2D eigenvalue weighted by Crippen LogP contribution is -2.25. The van der Waals surface area contributed by atoms with Crippen molar-refractivity contribution in [3.63, 3.8) is 0 Å². The van der Waals surface area contributed by atoms with E-state index in [2.05, 4.69) is 23.4 Å². The number of rotatable bonds is 8. The molecule has 0 fully saturated rings. The lowest BCUT2D eigenvalue weighted by atomic mass is 10.1. The van der Waals surface area contributed by atoms with Crippen LogP contribution in [0.2, 0.25) is 0 Å². The third-order valence-electron chi connectivity index (χ3n) is 3.79. The van der Waals surface area contributed by atoms with Crippen LogP contribution in [0, 0.1) is 0 Å². The lowest BCUT2D eigenvalue weighted by molar-refractivity contribution is -0.133. The fourth-order valence-electron chi connectivity index (χ4n) is 2.54. The number of ether oxygens (including phenoxy) is 1. The van der Waals surface area contributed by atoms with Gasteiger partial charge < -0.3 is 9.72 Å². The lowest BCUT2D eigenvalue weighted by Gasteiger charge is -2.18. The summed E-state index contributed by atoms with van der Waals surface area (Å²) < 4.78 is 5.47. The number of hydrogen-bond acceptors (Lipinski definition) is 3. The molecule has 1 aromatic heterocycles. The molecule has 1 heterocycles. The highest BCUT2D eigenvalue weighted by atomic mass is 16.5. The Labute approximate surface area is 131 Å². The third kappa shape index (κ3) is 3.77. The number of nitrogens with zero attached hydrogens (tertiary/aromatic N) is 1. The standard InChI is InChI=1S/C18H24N2O2/c1-4-11-20(6-3)12-10-14-13-19-15-8-7-9-16(18(14)15)22-17(21)5-2/h4,7-9,13,19H,1,5-6,10-12H2,2-3H3. The number of carbonyl (C=O) groups excluding carboxylic acids is 1. The predicted molar refractivity (Wildman–Crippen MR) is 90.2 cm³/mol. The minimum absolute atomic E-state index is 0.207. The number of hydrogen-bond donors (Lipinski definition) is 1. The van der Waals surface area contributed by atoms with Crippen molar-refractivity contribution in [2.45, 2.75) is 26.7 Å². The quantitative estimate of drug-likeness (QED) is 0.461. The number of carbonyl (C=O) groups is 1. The number of benzene rings is 1. The Morgan fingerprint density at radius 3 is 2.91 bits per heavy atom. The predicted octanol–water partition coefficient (Wildman–Crippen LogP) is 3.53. The second-order valence-electron chi connectivity index (χ2n) is 5.25. The monoisotopic (exact) mass is 300 g/mol. The third-order valence-corrected chi connectivity index (χ3v) is 3.79. The van der Waals surface area contributed by atoms with E-state index >= 15 is 0 Å². The summed E-state index contributed by atoms with van der Waals surface area (Å²) in [6, 6.07) is 5.76. The van der Waals surface area contributed by atoms with Gasteiger partial charge in [0.2, 0.25) is 0 Å². The van der Waals surface area contributed by atoms with Gasteiger partial charge in [0.05, 0.1) is 0 Å². The first-order valence-electron chi connectivity index (χ1n) is 7.82. The fourth-order valence-corrected chi connectivity index (χ4v) is 2.54. The number of esters is 1. The van der Waals surface area contributed by atoms with Crippen molar-refractivity contribution in [3.05, 3.63) is 42.6 Å². The van der Waals surface area contributed by atoms with Crippen molar-refractivity contribution in [1.82, 2.24) is 9.88 Å². The molecule has 0 saturated heterocycles. The van der Waals surface area contributed by atoms with E-state index in [9.17, 15) is 4.79 Å². The van der Waals surface area contributed by atoms with Gasteiger partial charge in [-0.25, -0.2) is 0 Å². The summed E-state index contributed by atoms with van der Waals surface area (Å²) in [5.41, 5.74) is 2.18. The number of aromatic nitrogens is 1. The molecule has 2 rings (SSSR count). The van der Waals surface area contributed by atoms with Gasteiger partial charge in [0.1, 0.15) is 5.75 Å². The molecular weight excluding hydrogens is 276 g/mol. The van der Waals surface area contributed by atoms with E-state index in [1.54, 1.807) is 6.92 Å². The minimum atomic E-state index is -0.207. The number of aromatic amines is 1. The fraction of sp³-hybridized carbons (Fsp3) is 0.389. The second-order valence-corrected chi connectivity index (χ2v) is 5.25. The average molecular weight is 300 g/mol. The van der Waals surface area contributed by atoms with Crippen LogP contribution < -0.4 is 4.74 Å². The normalized spacial score (nSPS) is 11.0. The van der Waals surface area contributed by atoms with E-state index < -0.39 is 0 Å². The van der Waals surface area contributed by atoms with Crippen molar-refractivity contribution < 1.29 is 9.53 Å². The summed E-state index contributed by atoms with van der Waals surface area (Å²) in [4.78, 5) is 17.2. The first kappa shape index (κ1) is 16.3.